The lowest BCUT2D eigenvalue weighted by Gasteiger charge is -1.96. The van der Waals surface area contributed by atoms with Crippen molar-refractivity contribution in [3.05, 3.63) is 36.2 Å². The minimum Gasteiger partial charge on any atom is -0.399 e. The monoisotopic (exact) mass is 257 g/mol. The molecule has 0 saturated heterocycles. The molecule has 0 spiro atoms. The summed E-state index contributed by atoms with van der Waals surface area (Å²) < 4.78 is 0. The number of hydrogen-bond acceptors (Lipinski definition) is 5. The molecule has 3 N–H and O–H groups in total. The summed E-state index contributed by atoms with van der Waals surface area (Å²) in [5.41, 5.74) is 9.19. The average Bonchev–Trinajstić information content (AvgIpc) is 2.70. The van der Waals surface area contributed by atoms with Gasteiger partial charge in [-0.3, -0.25) is 0 Å². The van der Waals surface area contributed by atoms with Crippen LogP contribution in [0.1, 0.15) is 5.69 Å². The summed E-state index contributed by atoms with van der Waals surface area (Å²) in [6.07, 6.45) is 1.74. The summed E-state index contributed by atoms with van der Waals surface area (Å²) in [6, 6.07) is 7.45. The lowest BCUT2D eigenvalue weighted by atomic mass is 10.3. The molecule has 5 nitrogen and oxygen atoms in total. The van der Waals surface area contributed by atoms with E-state index >= 15 is 0 Å². The summed E-state index contributed by atoms with van der Waals surface area (Å²) in [6.45, 7) is 1.94. The summed E-state index contributed by atoms with van der Waals surface area (Å²) in [4.78, 5) is 16.2. The van der Waals surface area contributed by atoms with E-state index in [2.05, 4.69) is 19.9 Å². The third-order valence-corrected chi connectivity index (χ3v) is 3.21. The number of rotatable bonds is 2. The van der Waals surface area contributed by atoms with Crippen LogP contribution < -0.4 is 5.73 Å². The van der Waals surface area contributed by atoms with Crippen molar-refractivity contribution >= 4 is 28.5 Å². The van der Waals surface area contributed by atoms with E-state index < -0.39 is 0 Å². The minimum atomic E-state index is 0.682. The molecule has 3 rings (SSSR count). The Bertz CT molecular complexity index is 707. The van der Waals surface area contributed by atoms with E-state index in [9.17, 15) is 0 Å². The van der Waals surface area contributed by atoms with Gasteiger partial charge in [-0.2, -0.15) is 0 Å². The smallest absolute Gasteiger partial charge is 0.195 e. The van der Waals surface area contributed by atoms with E-state index in [1.807, 2.05) is 31.2 Å². The van der Waals surface area contributed by atoms with Crippen molar-refractivity contribution in [3.63, 3.8) is 0 Å². The molecule has 0 aliphatic rings. The number of aryl methyl sites for hydroxylation is 1. The fraction of sp³-hybridized carbons (Fsp3) is 0.0833. The molecule has 0 radical (unpaired) electrons. The molecule has 0 amide bonds. The highest BCUT2D eigenvalue weighted by molar-refractivity contribution is 7.99. The Hall–Kier alpha value is -2.08. The first-order valence-corrected chi connectivity index (χ1v) is 6.25. The van der Waals surface area contributed by atoms with Crippen LogP contribution in [0.2, 0.25) is 0 Å². The van der Waals surface area contributed by atoms with Gasteiger partial charge in [-0.25, -0.2) is 15.0 Å². The van der Waals surface area contributed by atoms with Gasteiger partial charge in [-0.15, -0.1) is 0 Å². The Morgan fingerprint density at radius 1 is 1.22 bits per heavy atom. The molecule has 0 aliphatic carbocycles. The van der Waals surface area contributed by atoms with Gasteiger partial charge in [0, 0.05) is 17.6 Å². The number of H-pyrrole nitrogens is 1. The molecule has 6 heteroatoms. The lowest BCUT2D eigenvalue weighted by Crippen LogP contribution is -1.88. The van der Waals surface area contributed by atoms with Crippen molar-refractivity contribution in [1.29, 1.82) is 0 Å². The molecule has 0 unspecified atom stereocenters. The number of nitrogens with zero attached hydrogens (tertiary/aromatic N) is 3. The van der Waals surface area contributed by atoms with E-state index in [4.69, 9.17) is 5.73 Å². The molecule has 0 aliphatic heterocycles. The number of fused-ring (bicyclic) bond motifs is 1. The number of nitrogens with one attached hydrogen (secondary N) is 1. The molecule has 18 heavy (non-hydrogen) atoms. The molecule has 90 valence electrons. The largest absolute Gasteiger partial charge is 0.399 e. The second kappa shape index (κ2) is 4.30. The molecule has 2 heterocycles. The third kappa shape index (κ3) is 2.14. The number of hydrogen-bond donors (Lipinski definition) is 2. The number of aromatic amines is 1. The number of nitrogen functional groups attached to an aromatic ring is 1. The molecule has 0 bridgehead atoms. The number of benzene rings is 1. The van der Waals surface area contributed by atoms with Crippen LogP contribution in [0.5, 0.6) is 0 Å². The van der Waals surface area contributed by atoms with E-state index in [-0.39, 0.29) is 0 Å². The highest BCUT2D eigenvalue weighted by Gasteiger charge is 2.06. The van der Waals surface area contributed by atoms with Crippen LogP contribution in [-0.4, -0.2) is 19.9 Å². The van der Waals surface area contributed by atoms with E-state index in [1.165, 1.54) is 11.8 Å². The van der Waals surface area contributed by atoms with Crippen LogP contribution in [0.15, 0.2) is 40.8 Å². The summed E-state index contributed by atoms with van der Waals surface area (Å²) in [5, 5.41) is 1.45. The van der Waals surface area contributed by atoms with Crippen molar-refractivity contribution in [2.45, 2.75) is 17.2 Å². The molecule has 1 aromatic carbocycles. The second-order valence-corrected chi connectivity index (χ2v) is 4.86. The predicted octanol–water partition coefficient (Wildman–Crippen LogP) is 2.39. The quantitative estimate of drug-likeness (QED) is 0.544. The zero-order valence-corrected chi connectivity index (χ0v) is 10.5. The lowest BCUT2D eigenvalue weighted by molar-refractivity contribution is 0.923. The maximum Gasteiger partial charge on any atom is 0.195 e. The van der Waals surface area contributed by atoms with E-state index in [1.54, 1.807) is 6.20 Å². The van der Waals surface area contributed by atoms with Crippen molar-refractivity contribution < 1.29 is 0 Å². The molecule has 0 fully saturated rings. The first-order chi connectivity index (χ1) is 8.70. The Morgan fingerprint density at radius 2 is 2.11 bits per heavy atom. The molecular weight excluding hydrogens is 246 g/mol. The second-order valence-electron chi connectivity index (χ2n) is 3.90. The molecule has 2 aromatic heterocycles. The SMILES string of the molecule is Cc1ccnc(Sc2nc3ccc(N)cc3[nH]2)n1. The van der Waals surface area contributed by atoms with Gasteiger partial charge in [0.05, 0.1) is 11.0 Å². The van der Waals surface area contributed by atoms with Gasteiger partial charge in [0.25, 0.3) is 0 Å². The number of anilines is 1. The zero-order valence-electron chi connectivity index (χ0n) is 9.71. The maximum absolute atomic E-state index is 5.73. The van der Waals surface area contributed by atoms with Gasteiger partial charge in [-0.1, -0.05) is 0 Å². The van der Waals surface area contributed by atoms with Gasteiger partial charge in [0.15, 0.2) is 10.3 Å². The first kappa shape index (κ1) is 11.0. The number of imidazole rings is 1. The summed E-state index contributed by atoms with van der Waals surface area (Å²) in [5.74, 6) is 0. The van der Waals surface area contributed by atoms with Crippen LogP contribution in [0, 0.1) is 6.92 Å². The highest BCUT2D eigenvalue weighted by atomic mass is 32.2. The van der Waals surface area contributed by atoms with E-state index in [0.717, 1.165) is 27.6 Å². The van der Waals surface area contributed by atoms with Crippen molar-refractivity contribution in [2.24, 2.45) is 0 Å². The molecular formula is C12H11N5S. The standard InChI is InChI=1S/C12H11N5S/c1-7-4-5-14-11(15-7)18-12-16-9-3-2-8(13)6-10(9)17-12/h2-6H,13H2,1H3,(H,16,17). The molecule has 3 aromatic rings. The average molecular weight is 257 g/mol. The third-order valence-electron chi connectivity index (χ3n) is 2.44. The number of nitrogens with two attached hydrogens (primary N) is 1. The van der Waals surface area contributed by atoms with Crippen molar-refractivity contribution in [1.82, 2.24) is 19.9 Å². The maximum atomic E-state index is 5.73. The Balaban J connectivity index is 1.95. The van der Waals surface area contributed by atoms with Crippen LogP contribution in [-0.2, 0) is 0 Å². The fourth-order valence-electron chi connectivity index (χ4n) is 1.61. The zero-order chi connectivity index (χ0) is 12.5. The van der Waals surface area contributed by atoms with Crippen LogP contribution >= 0.6 is 11.8 Å². The molecule has 0 atom stereocenters. The topological polar surface area (TPSA) is 80.5 Å². The Kier molecular flexibility index (Phi) is 2.64. The van der Waals surface area contributed by atoms with Crippen LogP contribution in [0.4, 0.5) is 5.69 Å². The van der Waals surface area contributed by atoms with Gasteiger partial charge in [0.2, 0.25) is 0 Å². The number of aromatic nitrogens is 4. The van der Waals surface area contributed by atoms with Gasteiger partial charge in [0.1, 0.15) is 0 Å². The fourth-order valence-corrected chi connectivity index (χ4v) is 2.39. The molecule has 0 saturated carbocycles. The van der Waals surface area contributed by atoms with Crippen LogP contribution in [0.3, 0.4) is 0 Å². The normalized spacial score (nSPS) is 10.9. The first-order valence-electron chi connectivity index (χ1n) is 5.43. The highest BCUT2D eigenvalue weighted by Crippen LogP contribution is 2.25. The minimum absolute atomic E-state index is 0.682. The summed E-state index contributed by atoms with van der Waals surface area (Å²) >= 11 is 1.40. The summed E-state index contributed by atoms with van der Waals surface area (Å²) in [7, 11) is 0. The van der Waals surface area contributed by atoms with Gasteiger partial charge in [-0.05, 0) is 43.0 Å². The van der Waals surface area contributed by atoms with Crippen molar-refractivity contribution in [2.75, 3.05) is 5.73 Å². The Morgan fingerprint density at radius 3 is 2.94 bits per heavy atom. The van der Waals surface area contributed by atoms with Crippen LogP contribution in [0.25, 0.3) is 11.0 Å². The van der Waals surface area contributed by atoms with E-state index in [0.29, 0.717) is 5.16 Å². The Labute approximate surface area is 108 Å². The predicted molar refractivity (Wildman–Crippen MR) is 71.4 cm³/mol. The van der Waals surface area contributed by atoms with Gasteiger partial charge >= 0.3 is 0 Å². The van der Waals surface area contributed by atoms with Gasteiger partial charge < -0.3 is 10.7 Å². The van der Waals surface area contributed by atoms with Crippen molar-refractivity contribution in [3.8, 4) is 0 Å².